The van der Waals surface area contributed by atoms with Gasteiger partial charge in [0.05, 0.1) is 12.4 Å². The van der Waals surface area contributed by atoms with Crippen molar-refractivity contribution in [1.82, 2.24) is 9.97 Å². The molecular weight excluding hydrogens is 318 g/mol. The molecule has 2 aromatic rings. The fourth-order valence-corrected chi connectivity index (χ4v) is 1.93. The van der Waals surface area contributed by atoms with Crippen LogP contribution in [-0.4, -0.2) is 15.9 Å². The predicted molar refractivity (Wildman–Crippen MR) is 73.9 cm³/mol. The molecule has 0 aliphatic heterocycles. The summed E-state index contributed by atoms with van der Waals surface area (Å²) in [5.74, 6) is 0.123. The van der Waals surface area contributed by atoms with Crippen molar-refractivity contribution in [2.45, 2.75) is 6.92 Å². The number of aryl methyl sites for hydroxylation is 1. The zero-order valence-electron chi connectivity index (χ0n) is 9.45. The van der Waals surface area contributed by atoms with E-state index in [1.165, 1.54) is 12.4 Å². The Labute approximate surface area is 118 Å². The smallest absolute Gasteiger partial charge is 0.256 e. The number of carbonyl (C=O) groups excluding carboxylic acids is 1. The number of benzene rings is 1. The first-order valence-corrected chi connectivity index (χ1v) is 6.28. The Morgan fingerprint density at radius 3 is 2.67 bits per heavy atom. The Morgan fingerprint density at radius 1 is 1.28 bits per heavy atom. The van der Waals surface area contributed by atoms with Crippen LogP contribution >= 0.6 is 27.5 Å². The van der Waals surface area contributed by atoms with Crippen molar-refractivity contribution in [3.05, 3.63) is 51.3 Å². The topological polar surface area (TPSA) is 54.9 Å². The standard InChI is InChI=1S/C12H9BrClN3O/c1-7-2-8(4-9(14)3-7)12(18)17-11-6-15-10(13)5-16-11/h2-6H,1H3,(H,16,17,18). The van der Waals surface area contributed by atoms with Gasteiger partial charge in [-0.2, -0.15) is 0 Å². The Morgan fingerprint density at radius 2 is 2.06 bits per heavy atom. The summed E-state index contributed by atoms with van der Waals surface area (Å²) >= 11 is 9.08. The lowest BCUT2D eigenvalue weighted by atomic mass is 10.1. The summed E-state index contributed by atoms with van der Waals surface area (Å²) in [7, 11) is 0. The first kappa shape index (κ1) is 13.0. The van der Waals surface area contributed by atoms with Gasteiger partial charge in [0.2, 0.25) is 0 Å². The molecule has 92 valence electrons. The summed E-state index contributed by atoms with van der Waals surface area (Å²) in [4.78, 5) is 19.9. The monoisotopic (exact) mass is 325 g/mol. The van der Waals surface area contributed by atoms with Gasteiger partial charge in [-0.15, -0.1) is 0 Å². The van der Waals surface area contributed by atoms with Gasteiger partial charge in [-0.3, -0.25) is 4.79 Å². The average molecular weight is 327 g/mol. The third kappa shape index (κ3) is 3.27. The van der Waals surface area contributed by atoms with E-state index in [0.717, 1.165) is 5.56 Å². The van der Waals surface area contributed by atoms with Crippen molar-refractivity contribution < 1.29 is 4.79 Å². The molecule has 1 N–H and O–H groups in total. The molecule has 0 aliphatic carbocycles. The second-order valence-electron chi connectivity index (χ2n) is 3.70. The lowest BCUT2D eigenvalue weighted by Crippen LogP contribution is -2.13. The second-order valence-corrected chi connectivity index (χ2v) is 4.94. The predicted octanol–water partition coefficient (Wildman–Crippen LogP) is 3.45. The van der Waals surface area contributed by atoms with Crippen LogP contribution in [0.15, 0.2) is 35.2 Å². The molecule has 18 heavy (non-hydrogen) atoms. The van der Waals surface area contributed by atoms with Crippen LogP contribution in [0.25, 0.3) is 0 Å². The van der Waals surface area contributed by atoms with Gasteiger partial charge in [-0.1, -0.05) is 11.6 Å². The molecule has 0 aliphatic rings. The zero-order valence-corrected chi connectivity index (χ0v) is 11.8. The van der Waals surface area contributed by atoms with Gasteiger partial charge < -0.3 is 5.32 Å². The Hall–Kier alpha value is -1.46. The van der Waals surface area contributed by atoms with Crippen LogP contribution in [0, 0.1) is 6.92 Å². The first-order valence-electron chi connectivity index (χ1n) is 5.11. The fraction of sp³-hybridized carbons (Fsp3) is 0.0833. The molecule has 1 heterocycles. The molecule has 0 saturated heterocycles. The first-order chi connectivity index (χ1) is 8.54. The third-order valence-corrected chi connectivity index (χ3v) is 2.79. The van der Waals surface area contributed by atoms with Crippen LogP contribution in [0.2, 0.25) is 5.02 Å². The highest BCUT2D eigenvalue weighted by molar-refractivity contribution is 9.10. The van der Waals surface area contributed by atoms with Crippen molar-refractivity contribution in [2.24, 2.45) is 0 Å². The van der Waals surface area contributed by atoms with E-state index in [9.17, 15) is 4.79 Å². The molecule has 6 heteroatoms. The van der Waals surface area contributed by atoms with Gasteiger partial charge in [0, 0.05) is 10.6 Å². The number of amides is 1. The molecule has 1 amide bonds. The Kier molecular flexibility index (Phi) is 3.93. The summed E-state index contributed by atoms with van der Waals surface area (Å²) in [6.07, 6.45) is 2.98. The zero-order chi connectivity index (χ0) is 13.1. The molecule has 1 aromatic carbocycles. The van der Waals surface area contributed by atoms with Gasteiger partial charge in [0.1, 0.15) is 4.60 Å². The number of carbonyl (C=O) groups is 1. The number of anilines is 1. The molecular formula is C12H9BrClN3O. The lowest BCUT2D eigenvalue weighted by Gasteiger charge is -2.05. The van der Waals surface area contributed by atoms with Crippen molar-refractivity contribution >= 4 is 39.3 Å². The van der Waals surface area contributed by atoms with Gasteiger partial charge in [-0.25, -0.2) is 9.97 Å². The molecule has 4 nitrogen and oxygen atoms in total. The minimum Gasteiger partial charge on any atom is -0.305 e. The number of aromatic nitrogens is 2. The summed E-state index contributed by atoms with van der Waals surface area (Å²) in [6.45, 7) is 1.88. The minimum absolute atomic E-state index is 0.266. The van der Waals surface area contributed by atoms with Crippen LogP contribution in [0.5, 0.6) is 0 Å². The SMILES string of the molecule is Cc1cc(Cl)cc(C(=O)Nc2cnc(Br)cn2)c1. The van der Waals surface area contributed by atoms with Gasteiger partial charge in [0.15, 0.2) is 5.82 Å². The molecule has 0 atom stereocenters. The van der Waals surface area contributed by atoms with Crippen LogP contribution in [0.4, 0.5) is 5.82 Å². The highest BCUT2D eigenvalue weighted by Crippen LogP contribution is 2.16. The van der Waals surface area contributed by atoms with Crippen molar-refractivity contribution in [3.8, 4) is 0 Å². The van der Waals surface area contributed by atoms with Crippen molar-refractivity contribution in [3.63, 3.8) is 0 Å². The normalized spacial score (nSPS) is 10.2. The minimum atomic E-state index is -0.266. The van der Waals surface area contributed by atoms with Crippen molar-refractivity contribution in [1.29, 1.82) is 0 Å². The number of rotatable bonds is 2. The molecule has 2 rings (SSSR count). The molecule has 1 aromatic heterocycles. The van der Waals surface area contributed by atoms with Crippen molar-refractivity contribution in [2.75, 3.05) is 5.32 Å². The summed E-state index contributed by atoms with van der Waals surface area (Å²) in [5.41, 5.74) is 1.42. The van der Waals surface area contributed by atoms with E-state index in [4.69, 9.17) is 11.6 Å². The quantitative estimate of drug-likeness (QED) is 0.919. The second kappa shape index (κ2) is 5.46. The van der Waals surface area contributed by atoms with E-state index < -0.39 is 0 Å². The maximum Gasteiger partial charge on any atom is 0.256 e. The van der Waals surface area contributed by atoms with Crippen LogP contribution in [-0.2, 0) is 0 Å². The third-order valence-electron chi connectivity index (χ3n) is 2.17. The van der Waals surface area contributed by atoms with E-state index in [0.29, 0.717) is 21.0 Å². The number of nitrogens with one attached hydrogen (secondary N) is 1. The molecule has 0 spiro atoms. The number of hydrogen-bond acceptors (Lipinski definition) is 3. The maximum atomic E-state index is 12.0. The molecule has 0 unspecified atom stereocenters. The van der Waals surface area contributed by atoms with Gasteiger partial charge in [0.25, 0.3) is 5.91 Å². The highest BCUT2D eigenvalue weighted by Gasteiger charge is 2.08. The number of nitrogens with zero attached hydrogens (tertiary/aromatic N) is 2. The lowest BCUT2D eigenvalue weighted by molar-refractivity contribution is 0.102. The Bertz CT molecular complexity index is 566. The van der Waals surface area contributed by atoms with Gasteiger partial charge >= 0.3 is 0 Å². The van der Waals surface area contributed by atoms with E-state index in [1.807, 2.05) is 6.92 Å². The highest BCUT2D eigenvalue weighted by atomic mass is 79.9. The van der Waals surface area contributed by atoms with E-state index in [-0.39, 0.29) is 5.91 Å². The maximum absolute atomic E-state index is 12.0. The van der Waals surface area contributed by atoms with Crippen LogP contribution in [0.3, 0.4) is 0 Å². The molecule has 0 radical (unpaired) electrons. The van der Waals surface area contributed by atoms with E-state index in [1.54, 1.807) is 18.2 Å². The molecule has 0 bridgehead atoms. The number of hydrogen-bond donors (Lipinski definition) is 1. The van der Waals surface area contributed by atoms with E-state index >= 15 is 0 Å². The van der Waals surface area contributed by atoms with Crippen LogP contribution < -0.4 is 5.32 Å². The average Bonchev–Trinajstić information content (AvgIpc) is 2.31. The summed E-state index contributed by atoms with van der Waals surface area (Å²) in [6, 6.07) is 5.15. The number of halogens is 2. The summed E-state index contributed by atoms with van der Waals surface area (Å²) in [5, 5.41) is 3.18. The molecule has 0 saturated carbocycles. The van der Waals surface area contributed by atoms with Gasteiger partial charge in [-0.05, 0) is 46.6 Å². The largest absolute Gasteiger partial charge is 0.305 e. The Balaban J connectivity index is 2.19. The summed E-state index contributed by atoms with van der Waals surface area (Å²) < 4.78 is 0.610. The van der Waals surface area contributed by atoms with E-state index in [2.05, 4.69) is 31.2 Å². The molecule has 0 fully saturated rings. The fourth-order valence-electron chi connectivity index (χ4n) is 1.43. The van der Waals surface area contributed by atoms with Crippen LogP contribution in [0.1, 0.15) is 15.9 Å².